The number of amides is 1. The zero-order valence-corrected chi connectivity index (χ0v) is 17.4. The van der Waals surface area contributed by atoms with Crippen LogP contribution in [0.1, 0.15) is 24.5 Å². The number of carbonyl (C=O) groups is 1. The molecule has 154 valence electrons. The van der Waals surface area contributed by atoms with Gasteiger partial charge in [-0.2, -0.15) is 0 Å². The molecule has 29 heavy (non-hydrogen) atoms. The predicted octanol–water partition coefficient (Wildman–Crippen LogP) is 3.68. The molecule has 2 aliphatic heterocycles. The minimum Gasteiger partial charge on any atom is -0.494 e. The fourth-order valence-corrected chi connectivity index (χ4v) is 4.20. The molecule has 2 heterocycles. The second-order valence-corrected chi connectivity index (χ2v) is 7.92. The first-order valence-corrected chi connectivity index (χ1v) is 10.6. The highest BCUT2D eigenvalue weighted by Gasteiger charge is 2.30. The first-order valence-electron chi connectivity index (χ1n) is 10.6. The third kappa shape index (κ3) is 4.50. The van der Waals surface area contributed by atoms with E-state index >= 15 is 0 Å². The number of rotatable bonds is 4. The average Bonchev–Trinajstić information content (AvgIpc) is 3.00. The van der Waals surface area contributed by atoms with Gasteiger partial charge in [0.1, 0.15) is 18.1 Å². The van der Waals surface area contributed by atoms with E-state index in [1.807, 2.05) is 30.0 Å². The quantitative estimate of drug-likeness (QED) is 0.793. The van der Waals surface area contributed by atoms with E-state index in [1.54, 1.807) is 0 Å². The predicted molar refractivity (Wildman–Crippen MR) is 115 cm³/mol. The van der Waals surface area contributed by atoms with Gasteiger partial charge in [0.2, 0.25) is 5.91 Å². The highest BCUT2D eigenvalue weighted by Crippen LogP contribution is 2.31. The first-order chi connectivity index (χ1) is 14.1. The van der Waals surface area contributed by atoms with E-state index in [0.29, 0.717) is 19.6 Å². The number of hydrogen-bond donors (Lipinski definition) is 0. The number of nitrogens with zero attached hydrogens (tertiary/aromatic N) is 2. The lowest BCUT2D eigenvalue weighted by Crippen LogP contribution is -2.42. The van der Waals surface area contributed by atoms with Gasteiger partial charge in [-0.1, -0.05) is 17.7 Å². The van der Waals surface area contributed by atoms with Crippen molar-refractivity contribution in [2.75, 3.05) is 44.3 Å². The van der Waals surface area contributed by atoms with Gasteiger partial charge in [-0.05, 0) is 62.6 Å². The molecule has 0 N–H and O–H groups in total. The molecule has 5 nitrogen and oxygen atoms in total. The molecule has 1 atom stereocenters. The summed E-state index contributed by atoms with van der Waals surface area (Å²) in [6.07, 6.45) is 1.70. The molecule has 0 aliphatic carbocycles. The number of ether oxygens (including phenoxy) is 2. The Kier molecular flexibility index (Phi) is 5.93. The van der Waals surface area contributed by atoms with Crippen LogP contribution in [0.15, 0.2) is 42.5 Å². The number of hydrogen-bond acceptors (Lipinski definition) is 4. The highest BCUT2D eigenvalue weighted by atomic mass is 16.5. The van der Waals surface area contributed by atoms with Crippen molar-refractivity contribution in [3.8, 4) is 11.5 Å². The molecule has 2 aliphatic rings. The summed E-state index contributed by atoms with van der Waals surface area (Å²) >= 11 is 0. The van der Waals surface area contributed by atoms with Crippen LogP contribution < -0.4 is 14.4 Å². The van der Waals surface area contributed by atoms with Crippen LogP contribution in [0.2, 0.25) is 0 Å². The summed E-state index contributed by atoms with van der Waals surface area (Å²) < 4.78 is 11.5. The molecule has 2 aromatic carbocycles. The summed E-state index contributed by atoms with van der Waals surface area (Å²) in [7, 11) is 0. The maximum absolute atomic E-state index is 13.2. The molecule has 1 amide bonds. The number of carbonyl (C=O) groups excluding carboxylic acids is 1. The van der Waals surface area contributed by atoms with Crippen molar-refractivity contribution in [1.82, 2.24) is 4.90 Å². The summed E-state index contributed by atoms with van der Waals surface area (Å²) in [6.45, 7) is 8.59. The summed E-state index contributed by atoms with van der Waals surface area (Å²) in [6, 6.07) is 14.5. The van der Waals surface area contributed by atoms with Crippen LogP contribution in [0, 0.1) is 12.8 Å². The number of benzene rings is 2. The zero-order valence-electron chi connectivity index (χ0n) is 17.4. The van der Waals surface area contributed by atoms with Crippen molar-refractivity contribution in [3.05, 3.63) is 53.6 Å². The van der Waals surface area contributed by atoms with Crippen molar-refractivity contribution in [2.24, 2.45) is 5.92 Å². The average molecular weight is 395 g/mol. The molecule has 0 radical (unpaired) electrons. The van der Waals surface area contributed by atoms with Gasteiger partial charge in [0, 0.05) is 31.9 Å². The molecular formula is C24H30N2O3. The van der Waals surface area contributed by atoms with E-state index in [-0.39, 0.29) is 11.8 Å². The number of aryl methyl sites for hydroxylation is 1. The van der Waals surface area contributed by atoms with Gasteiger partial charge in [-0.15, -0.1) is 0 Å². The molecular weight excluding hydrogens is 364 g/mol. The molecule has 1 saturated heterocycles. The Bertz CT molecular complexity index is 850. The normalized spacial score (nSPS) is 19.2. The van der Waals surface area contributed by atoms with Crippen LogP contribution in [0.5, 0.6) is 11.5 Å². The van der Waals surface area contributed by atoms with Crippen LogP contribution in [0.3, 0.4) is 0 Å². The molecule has 0 saturated carbocycles. The second kappa shape index (κ2) is 8.76. The minimum atomic E-state index is -0.120. The fraction of sp³-hybridized carbons (Fsp3) is 0.458. The summed E-state index contributed by atoms with van der Waals surface area (Å²) in [4.78, 5) is 17.6. The topological polar surface area (TPSA) is 42.0 Å². The van der Waals surface area contributed by atoms with Gasteiger partial charge in [-0.3, -0.25) is 4.79 Å². The minimum absolute atomic E-state index is 0.120. The lowest BCUT2D eigenvalue weighted by atomic mass is 9.95. The molecule has 1 fully saturated rings. The third-order valence-electron chi connectivity index (χ3n) is 5.81. The van der Waals surface area contributed by atoms with Gasteiger partial charge in [-0.25, -0.2) is 0 Å². The van der Waals surface area contributed by atoms with E-state index in [1.165, 1.54) is 11.3 Å². The monoisotopic (exact) mass is 394 g/mol. The molecule has 2 aromatic rings. The van der Waals surface area contributed by atoms with E-state index in [2.05, 4.69) is 36.1 Å². The fourth-order valence-electron chi connectivity index (χ4n) is 4.20. The van der Waals surface area contributed by atoms with Crippen molar-refractivity contribution >= 4 is 11.6 Å². The first kappa shape index (κ1) is 19.6. The van der Waals surface area contributed by atoms with Crippen molar-refractivity contribution in [3.63, 3.8) is 0 Å². The number of fused-ring (bicyclic) bond motifs is 1. The van der Waals surface area contributed by atoms with Crippen LogP contribution >= 0.6 is 0 Å². The van der Waals surface area contributed by atoms with Crippen LogP contribution in [-0.2, 0) is 11.2 Å². The van der Waals surface area contributed by atoms with Crippen LogP contribution in [-0.4, -0.2) is 50.2 Å². The van der Waals surface area contributed by atoms with Gasteiger partial charge in [0.15, 0.2) is 0 Å². The summed E-state index contributed by atoms with van der Waals surface area (Å²) in [5, 5.41) is 0. The molecule has 0 spiro atoms. The lowest BCUT2D eigenvalue weighted by molar-refractivity contribution is -0.136. The van der Waals surface area contributed by atoms with Gasteiger partial charge in [0.25, 0.3) is 0 Å². The third-order valence-corrected chi connectivity index (χ3v) is 5.81. The smallest absolute Gasteiger partial charge is 0.229 e. The summed E-state index contributed by atoms with van der Waals surface area (Å²) in [5.74, 6) is 1.80. The standard InChI is InChI=1S/C24H30N2O3/c1-3-28-22-9-10-23-19(16-22)15-20(17-29-23)24(27)26-12-4-11-25(13-14-26)21-7-5-18(2)6-8-21/h5-10,16,20H,3-4,11-15,17H2,1-2H3. The molecule has 0 bridgehead atoms. The number of anilines is 1. The van der Waals surface area contributed by atoms with Crippen molar-refractivity contribution in [1.29, 1.82) is 0 Å². The van der Waals surface area contributed by atoms with Crippen molar-refractivity contribution in [2.45, 2.75) is 26.7 Å². The Morgan fingerprint density at radius 2 is 1.93 bits per heavy atom. The van der Waals surface area contributed by atoms with Gasteiger partial charge < -0.3 is 19.3 Å². The van der Waals surface area contributed by atoms with E-state index in [9.17, 15) is 4.79 Å². The lowest BCUT2D eigenvalue weighted by Gasteiger charge is -2.30. The van der Waals surface area contributed by atoms with E-state index in [0.717, 1.165) is 49.7 Å². The Hall–Kier alpha value is -2.69. The Balaban J connectivity index is 1.39. The Morgan fingerprint density at radius 3 is 2.72 bits per heavy atom. The largest absolute Gasteiger partial charge is 0.494 e. The zero-order chi connectivity index (χ0) is 20.2. The Labute approximate surface area is 173 Å². The Morgan fingerprint density at radius 1 is 1.10 bits per heavy atom. The van der Waals surface area contributed by atoms with E-state index in [4.69, 9.17) is 9.47 Å². The molecule has 5 heteroatoms. The molecule has 4 rings (SSSR count). The molecule has 1 unspecified atom stereocenters. The summed E-state index contributed by atoms with van der Waals surface area (Å²) in [5.41, 5.74) is 3.57. The van der Waals surface area contributed by atoms with Crippen LogP contribution in [0.4, 0.5) is 5.69 Å². The maximum atomic E-state index is 13.2. The molecule has 0 aromatic heterocycles. The van der Waals surface area contributed by atoms with Crippen molar-refractivity contribution < 1.29 is 14.3 Å². The maximum Gasteiger partial charge on any atom is 0.229 e. The van der Waals surface area contributed by atoms with Gasteiger partial charge in [0.05, 0.1) is 12.5 Å². The second-order valence-electron chi connectivity index (χ2n) is 7.92. The highest BCUT2D eigenvalue weighted by molar-refractivity contribution is 5.80. The SMILES string of the molecule is CCOc1ccc2c(c1)CC(C(=O)N1CCCN(c3ccc(C)cc3)CC1)CO2. The van der Waals surface area contributed by atoms with Gasteiger partial charge >= 0.3 is 0 Å². The van der Waals surface area contributed by atoms with E-state index < -0.39 is 0 Å². The van der Waals surface area contributed by atoms with Crippen LogP contribution in [0.25, 0.3) is 0 Å².